The molecule has 0 aromatic carbocycles. The second-order valence-electron chi connectivity index (χ2n) is 3.22. The summed E-state index contributed by atoms with van der Waals surface area (Å²) in [6.07, 6.45) is 0. The first-order valence-electron chi connectivity index (χ1n) is 5.53. The van der Waals surface area contributed by atoms with E-state index in [-0.39, 0.29) is 0 Å². The Kier molecular flexibility index (Phi) is 12.8. The molecule has 0 bridgehead atoms. The Morgan fingerprint density at radius 2 is 0.688 bits per heavy atom. The van der Waals surface area contributed by atoms with Gasteiger partial charge in [-0.15, -0.1) is 0 Å². The third-order valence-electron chi connectivity index (χ3n) is 1.96. The molecule has 0 atom stereocenters. The molecule has 0 saturated carbocycles. The zero-order chi connectivity index (χ0) is 11.9. The van der Waals surface area contributed by atoms with Crippen molar-refractivity contribution in [3.05, 3.63) is 0 Å². The van der Waals surface area contributed by atoms with Crippen LogP contribution in [-0.4, -0.2) is 52.4 Å². The monoisotopic (exact) mass is 224 g/mol. The van der Waals surface area contributed by atoms with Crippen LogP contribution in [0.3, 0.4) is 0 Å². The van der Waals surface area contributed by atoms with Crippen molar-refractivity contribution in [3.63, 3.8) is 0 Å². The highest BCUT2D eigenvalue weighted by Crippen LogP contribution is 1.65. The van der Waals surface area contributed by atoms with Crippen LogP contribution in [0.5, 0.6) is 0 Å². The van der Waals surface area contributed by atoms with Crippen LogP contribution in [0.25, 0.3) is 0 Å². The van der Waals surface area contributed by atoms with Crippen LogP contribution in [0.2, 0.25) is 0 Å². The molecule has 2 heterocycles. The topological polar surface area (TPSA) is 95.7 Å². The Bertz CT molecular complexity index is 161. The highest BCUT2D eigenvalue weighted by Gasteiger charge is 1.92. The van der Waals surface area contributed by atoms with Gasteiger partial charge in [-0.3, -0.25) is 0 Å². The quantitative estimate of drug-likeness (QED) is 0.395. The lowest BCUT2D eigenvalue weighted by atomic mass is 10.4. The molecule has 2 saturated heterocycles. The van der Waals surface area contributed by atoms with Gasteiger partial charge in [-0.05, 0) is 0 Å². The predicted octanol–water partition coefficient (Wildman–Crippen LogP) is -1.61. The molecule has 6 heteroatoms. The summed E-state index contributed by atoms with van der Waals surface area (Å²) in [6, 6.07) is 2.47. The van der Waals surface area contributed by atoms with Crippen LogP contribution < -0.4 is 21.3 Å². The fraction of sp³-hybridized carbons (Fsp3) is 0.800. The average Bonchev–Trinajstić information content (AvgIpc) is 2.44. The lowest BCUT2D eigenvalue weighted by Crippen LogP contribution is -2.39. The Hall–Kier alpha value is -1.18. The molecule has 4 N–H and O–H groups in total. The number of piperazine rings is 2. The third kappa shape index (κ3) is 12.8. The Morgan fingerprint density at radius 3 is 0.750 bits per heavy atom. The summed E-state index contributed by atoms with van der Waals surface area (Å²) < 4.78 is 0. The number of nitriles is 2. The molecule has 0 unspecified atom stereocenters. The maximum absolute atomic E-state index is 7.26. The first-order chi connectivity index (χ1) is 7.91. The lowest BCUT2D eigenvalue weighted by molar-refractivity contribution is 0.534. The van der Waals surface area contributed by atoms with Crippen molar-refractivity contribution in [1.29, 1.82) is 10.5 Å². The first kappa shape index (κ1) is 14.8. The highest BCUT2D eigenvalue weighted by atomic mass is 15.0. The summed E-state index contributed by atoms with van der Waals surface area (Å²) in [5, 5.41) is 27.4. The van der Waals surface area contributed by atoms with Gasteiger partial charge < -0.3 is 21.3 Å². The standard InChI is InChI=1S/2C4H10N2.C2N2/c2*1-2-6-4-3-5-1;3-1-2-4/h2*5-6H,1-4H2;. The van der Waals surface area contributed by atoms with Crippen molar-refractivity contribution in [1.82, 2.24) is 21.3 Å². The van der Waals surface area contributed by atoms with E-state index >= 15 is 0 Å². The maximum atomic E-state index is 7.26. The van der Waals surface area contributed by atoms with E-state index in [1.165, 1.54) is 12.1 Å². The van der Waals surface area contributed by atoms with Crippen molar-refractivity contribution in [2.24, 2.45) is 0 Å². The minimum Gasteiger partial charge on any atom is -0.314 e. The molecule has 0 aromatic heterocycles. The Morgan fingerprint density at radius 1 is 0.500 bits per heavy atom. The van der Waals surface area contributed by atoms with Gasteiger partial charge in [-0.2, -0.15) is 10.5 Å². The molecule has 16 heavy (non-hydrogen) atoms. The van der Waals surface area contributed by atoms with Gasteiger partial charge >= 0.3 is 0 Å². The van der Waals surface area contributed by atoms with Crippen molar-refractivity contribution in [2.75, 3.05) is 52.4 Å². The summed E-state index contributed by atoms with van der Waals surface area (Å²) >= 11 is 0. The largest absolute Gasteiger partial charge is 0.314 e. The van der Waals surface area contributed by atoms with E-state index in [0.717, 1.165) is 52.4 Å². The van der Waals surface area contributed by atoms with Gasteiger partial charge in [0, 0.05) is 52.4 Å². The fourth-order valence-electron chi connectivity index (χ4n) is 1.21. The zero-order valence-electron chi connectivity index (χ0n) is 9.55. The second kappa shape index (κ2) is 13.8. The molecule has 0 radical (unpaired) electrons. The minimum atomic E-state index is 1.14. The van der Waals surface area contributed by atoms with E-state index in [0.29, 0.717) is 0 Å². The van der Waals surface area contributed by atoms with Crippen LogP contribution in [0.15, 0.2) is 0 Å². The summed E-state index contributed by atoms with van der Waals surface area (Å²) in [7, 11) is 0. The Balaban J connectivity index is 0.000000217. The fourth-order valence-corrected chi connectivity index (χ4v) is 1.21. The number of nitrogens with zero attached hydrogens (tertiary/aromatic N) is 2. The van der Waals surface area contributed by atoms with Crippen LogP contribution in [0.4, 0.5) is 0 Å². The van der Waals surface area contributed by atoms with E-state index in [9.17, 15) is 0 Å². The number of hydrogen-bond acceptors (Lipinski definition) is 6. The number of rotatable bonds is 0. The molecule has 2 fully saturated rings. The van der Waals surface area contributed by atoms with Gasteiger partial charge in [0.2, 0.25) is 0 Å². The average molecular weight is 224 g/mol. The predicted molar refractivity (Wildman–Crippen MR) is 62.7 cm³/mol. The molecule has 0 aliphatic carbocycles. The SMILES string of the molecule is C1CNCCN1.C1CNCCN1.N#CC#N. The van der Waals surface area contributed by atoms with E-state index in [4.69, 9.17) is 10.5 Å². The van der Waals surface area contributed by atoms with Crippen molar-refractivity contribution < 1.29 is 0 Å². The van der Waals surface area contributed by atoms with Crippen molar-refractivity contribution in [3.8, 4) is 12.1 Å². The lowest BCUT2D eigenvalue weighted by Gasteiger charge is -2.11. The van der Waals surface area contributed by atoms with Gasteiger partial charge in [0.05, 0.1) is 0 Å². The van der Waals surface area contributed by atoms with Gasteiger partial charge in [0.15, 0.2) is 12.1 Å². The van der Waals surface area contributed by atoms with Crippen LogP contribution >= 0.6 is 0 Å². The van der Waals surface area contributed by atoms with Crippen LogP contribution in [-0.2, 0) is 0 Å². The Labute approximate surface area is 97.0 Å². The van der Waals surface area contributed by atoms with E-state index in [1.54, 1.807) is 0 Å². The molecule has 0 aromatic rings. The second-order valence-corrected chi connectivity index (χ2v) is 3.22. The van der Waals surface area contributed by atoms with Gasteiger partial charge in [0.25, 0.3) is 0 Å². The molecule has 0 amide bonds. The van der Waals surface area contributed by atoms with Gasteiger partial charge in [-0.1, -0.05) is 0 Å². The highest BCUT2D eigenvalue weighted by molar-refractivity contribution is 4.99. The van der Waals surface area contributed by atoms with E-state index in [2.05, 4.69) is 21.3 Å². The smallest absolute Gasteiger partial charge is 0.181 e. The molecule has 2 aliphatic rings. The third-order valence-corrected chi connectivity index (χ3v) is 1.96. The molecule has 6 nitrogen and oxygen atoms in total. The minimum absolute atomic E-state index is 1.14. The molecular formula is C10H20N6. The summed E-state index contributed by atoms with van der Waals surface area (Å²) in [4.78, 5) is 0. The molecule has 2 aliphatic heterocycles. The molecule has 90 valence electrons. The van der Waals surface area contributed by atoms with Crippen molar-refractivity contribution >= 4 is 0 Å². The number of hydrogen-bond donors (Lipinski definition) is 4. The zero-order valence-corrected chi connectivity index (χ0v) is 9.55. The molecule has 0 spiro atoms. The maximum Gasteiger partial charge on any atom is 0.181 e. The van der Waals surface area contributed by atoms with Crippen molar-refractivity contribution in [2.45, 2.75) is 0 Å². The first-order valence-corrected chi connectivity index (χ1v) is 5.53. The molecular weight excluding hydrogens is 204 g/mol. The van der Waals surface area contributed by atoms with Gasteiger partial charge in [-0.25, -0.2) is 0 Å². The van der Waals surface area contributed by atoms with Crippen LogP contribution in [0, 0.1) is 22.7 Å². The summed E-state index contributed by atoms with van der Waals surface area (Å²) in [5.74, 6) is 0. The number of nitrogens with one attached hydrogen (secondary N) is 4. The normalized spacial score (nSPS) is 18.6. The summed E-state index contributed by atoms with van der Waals surface area (Å²) in [6.45, 7) is 9.11. The van der Waals surface area contributed by atoms with E-state index in [1.807, 2.05) is 0 Å². The van der Waals surface area contributed by atoms with Crippen LogP contribution in [0.1, 0.15) is 0 Å². The van der Waals surface area contributed by atoms with E-state index < -0.39 is 0 Å². The molecule has 2 rings (SSSR count). The summed E-state index contributed by atoms with van der Waals surface area (Å²) in [5.41, 5.74) is 0. The van der Waals surface area contributed by atoms with Gasteiger partial charge in [0.1, 0.15) is 0 Å².